The second-order valence-corrected chi connectivity index (χ2v) is 6.53. The number of anilines is 1. The molecule has 8 nitrogen and oxygen atoms in total. The van der Waals surface area contributed by atoms with Crippen LogP contribution in [0.15, 0.2) is 18.2 Å². The SMILES string of the molecule is O=C(c1cc2n(n1)CCCN(c1ccc(Cl)nn1)C2)N1CCOCC1. The first-order valence-electron chi connectivity index (χ1n) is 8.38. The van der Waals surface area contributed by atoms with E-state index in [2.05, 4.69) is 20.2 Å². The van der Waals surface area contributed by atoms with E-state index in [0.29, 0.717) is 43.7 Å². The Morgan fingerprint density at radius 3 is 2.72 bits per heavy atom. The summed E-state index contributed by atoms with van der Waals surface area (Å²) in [5.41, 5.74) is 1.51. The highest BCUT2D eigenvalue weighted by Crippen LogP contribution is 2.20. The molecule has 9 heteroatoms. The zero-order valence-electron chi connectivity index (χ0n) is 13.8. The molecule has 0 radical (unpaired) electrons. The number of morpholine rings is 1. The van der Waals surface area contributed by atoms with Gasteiger partial charge < -0.3 is 14.5 Å². The van der Waals surface area contributed by atoms with Crippen LogP contribution in [0.2, 0.25) is 5.15 Å². The van der Waals surface area contributed by atoms with Crippen LogP contribution in [0.25, 0.3) is 0 Å². The number of fused-ring (bicyclic) bond motifs is 1. The van der Waals surface area contributed by atoms with Crippen LogP contribution in [0.1, 0.15) is 22.6 Å². The van der Waals surface area contributed by atoms with Crippen molar-refractivity contribution in [3.63, 3.8) is 0 Å². The summed E-state index contributed by atoms with van der Waals surface area (Å²) in [6, 6.07) is 5.49. The van der Waals surface area contributed by atoms with E-state index in [1.54, 1.807) is 11.0 Å². The summed E-state index contributed by atoms with van der Waals surface area (Å²) in [5.74, 6) is 0.752. The summed E-state index contributed by atoms with van der Waals surface area (Å²) < 4.78 is 7.23. The number of rotatable bonds is 2. The maximum absolute atomic E-state index is 12.6. The minimum atomic E-state index is -0.0262. The Hall–Kier alpha value is -2.19. The van der Waals surface area contributed by atoms with E-state index in [0.717, 1.165) is 31.0 Å². The minimum absolute atomic E-state index is 0.0262. The van der Waals surface area contributed by atoms with Crippen molar-refractivity contribution in [2.45, 2.75) is 19.5 Å². The summed E-state index contributed by atoms with van der Waals surface area (Å²) >= 11 is 5.82. The predicted octanol–water partition coefficient (Wildman–Crippen LogP) is 1.21. The Kier molecular flexibility index (Phi) is 4.54. The molecule has 0 aliphatic carbocycles. The highest BCUT2D eigenvalue weighted by atomic mass is 35.5. The van der Waals surface area contributed by atoms with Gasteiger partial charge in [-0.2, -0.15) is 5.10 Å². The third kappa shape index (κ3) is 3.45. The molecule has 0 spiro atoms. The maximum Gasteiger partial charge on any atom is 0.274 e. The largest absolute Gasteiger partial charge is 0.378 e. The lowest BCUT2D eigenvalue weighted by Gasteiger charge is -2.26. The van der Waals surface area contributed by atoms with Gasteiger partial charge in [0.25, 0.3) is 5.91 Å². The van der Waals surface area contributed by atoms with Crippen LogP contribution >= 0.6 is 11.6 Å². The Morgan fingerprint density at radius 2 is 1.96 bits per heavy atom. The molecule has 0 aromatic carbocycles. The number of aromatic nitrogens is 4. The van der Waals surface area contributed by atoms with Crippen molar-refractivity contribution < 1.29 is 9.53 Å². The van der Waals surface area contributed by atoms with Crippen LogP contribution in [0.3, 0.4) is 0 Å². The van der Waals surface area contributed by atoms with Crippen molar-refractivity contribution in [2.75, 3.05) is 37.7 Å². The van der Waals surface area contributed by atoms with Gasteiger partial charge in [0, 0.05) is 26.2 Å². The average molecular weight is 363 g/mol. The quantitative estimate of drug-likeness (QED) is 0.799. The second kappa shape index (κ2) is 6.97. The fraction of sp³-hybridized carbons (Fsp3) is 0.500. The van der Waals surface area contributed by atoms with Gasteiger partial charge in [0.1, 0.15) is 0 Å². The summed E-state index contributed by atoms with van der Waals surface area (Å²) in [4.78, 5) is 16.6. The summed E-state index contributed by atoms with van der Waals surface area (Å²) in [6.45, 7) is 4.68. The molecule has 4 rings (SSSR count). The van der Waals surface area contributed by atoms with E-state index in [1.165, 1.54) is 0 Å². The summed E-state index contributed by atoms with van der Waals surface area (Å²) in [6.07, 6.45) is 0.921. The van der Waals surface area contributed by atoms with E-state index >= 15 is 0 Å². The number of nitrogens with zero attached hydrogens (tertiary/aromatic N) is 6. The Morgan fingerprint density at radius 1 is 1.12 bits per heavy atom. The molecule has 0 bridgehead atoms. The van der Waals surface area contributed by atoms with Crippen LogP contribution < -0.4 is 4.90 Å². The van der Waals surface area contributed by atoms with Gasteiger partial charge in [0.05, 0.1) is 25.5 Å². The molecule has 2 aliphatic rings. The number of carbonyl (C=O) groups is 1. The van der Waals surface area contributed by atoms with E-state index in [9.17, 15) is 4.79 Å². The number of amides is 1. The van der Waals surface area contributed by atoms with Gasteiger partial charge in [0.15, 0.2) is 16.7 Å². The predicted molar refractivity (Wildman–Crippen MR) is 91.7 cm³/mol. The zero-order chi connectivity index (χ0) is 17.2. The molecule has 2 aromatic rings. The van der Waals surface area contributed by atoms with E-state index in [1.807, 2.05) is 16.8 Å². The number of carbonyl (C=O) groups excluding carboxylic acids is 1. The minimum Gasteiger partial charge on any atom is -0.378 e. The van der Waals surface area contributed by atoms with Crippen molar-refractivity contribution in [3.05, 3.63) is 34.7 Å². The summed E-state index contributed by atoms with van der Waals surface area (Å²) in [7, 11) is 0. The van der Waals surface area contributed by atoms with Gasteiger partial charge in [-0.05, 0) is 24.6 Å². The van der Waals surface area contributed by atoms with Crippen LogP contribution in [0, 0.1) is 0 Å². The zero-order valence-corrected chi connectivity index (χ0v) is 14.5. The molecule has 0 saturated carbocycles. The van der Waals surface area contributed by atoms with Crippen LogP contribution in [0.5, 0.6) is 0 Å². The standard InChI is InChI=1S/C16H19ClN6O2/c17-14-2-3-15(19-18-14)22-4-1-5-23-12(11-22)10-13(20-23)16(24)21-6-8-25-9-7-21/h2-3,10H,1,4-9,11H2. The third-order valence-electron chi connectivity index (χ3n) is 4.47. The van der Waals surface area contributed by atoms with E-state index in [-0.39, 0.29) is 5.91 Å². The first kappa shape index (κ1) is 16.3. The number of hydrogen-bond acceptors (Lipinski definition) is 6. The van der Waals surface area contributed by atoms with Gasteiger partial charge in [-0.15, -0.1) is 10.2 Å². The molecule has 132 valence electrons. The molecule has 25 heavy (non-hydrogen) atoms. The van der Waals surface area contributed by atoms with Crippen molar-refractivity contribution >= 4 is 23.3 Å². The normalized spacial score (nSPS) is 18.0. The highest BCUT2D eigenvalue weighted by molar-refractivity contribution is 6.29. The fourth-order valence-electron chi connectivity index (χ4n) is 3.17. The Bertz CT molecular complexity index is 756. The molecular weight excluding hydrogens is 344 g/mol. The smallest absolute Gasteiger partial charge is 0.274 e. The van der Waals surface area contributed by atoms with Crippen LogP contribution in [-0.2, 0) is 17.8 Å². The lowest BCUT2D eigenvalue weighted by Crippen LogP contribution is -2.40. The van der Waals surface area contributed by atoms with E-state index in [4.69, 9.17) is 16.3 Å². The van der Waals surface area contributed by atoms with Crippen LogP contribution in [-0.4, -0.2) is 63.6 Å². The topological polar surface area (TPSA) is 76.4 Å². The molecule has 0 atom stereocenters. The molecule has 4 heterocycles. The summed E-state index contributed by atoms with van der Waals surface area (Å²) in [5, 5.41) is 13.0. The fourth-order valence-corrected chi connectivity index (χ4v) is 3.27. The number of halogens is 1. The molecule has 1 amide bonds. The molecular formula is C16H19ClN6O2. The number of hydrogen-bond donors (Lipinski definition) is 0. The number of ether oxygens (including phenoxy) is 1. The maximum atomic E-state index is 12.6. The monoisotopic (exact) mass is 362 g/mol. The first-order chi connectivity index (χ1) is 12.2. The van der Waals surface area contributed by atoms with Crippen molar-refractivity contribution in [1.82, 2.24) is 24.9 Å². The van der Waals surface area contributed by atoms with Crippen LogP contribution in [0.4, 0.5) is 5.82 Å². The average Bonchev–Trinajstić information content (AvgIpc) is 2.94. The molecule has 1 fully saturated rings. The molecule has 1 saturated heterocycles. The van der Waals surface area contributed by atoms with Gasteiger partial charge in [-0.1, -0.05) is 11.6 Å². The first-order valence-corrected chi connectivity index (χ1v) is 8.76. The third-order valence-corrected chi connectivity index (χ3v) is 4.68. The van der Waals surface area contributed by atoms with Crippen molar-refractivity contribution in [2.24, 2.45) is 0 Å². The molecule has 2 aromatic heterocycles. The molecule has 0 N–H and O–H groups in total. The molecule has 0 unspecified atom stereocenters. The van der Waals surface area contributed by atoms with Crippen molar-refractivity contribution in [3.8, 4) is 0 Å². The van der Waals surface area contributed by atoms with Gasteiger partial charge in [-0.25, -0.2) is 0 Å². The highest BCUT2D eigenvalue weighted by Gasteiger charge is 2.24. The second-order valence-electron chi connectivity index (χ2n) is 6.14. The Labute approximate surface area is 150 Å². The number of aryl methyl sites for hydroxylation is 1. The molecule has 2 aliphatic heterocycles. The lowest BCUT2D eigenvalue weighted by atomic mass is 10.3. The van der Waals surface area contributed by atoms with Crippen molar-refractivity contribution in [1.29, 1.82) is 0 Å². The lowest BCUT2D eigenvalue weighted by molar-refractivity contribution is 0.0298. The van der Waals surface area contributed by atoms with Gasteiger partial charge in [-0.3, -0.25) is 9.48 Å². The van der Waals surface area contributed by atoms with Gasteiger partial charge in [0.2, 0.25) is 0 Å². The Balaban J connectivity index is 1.54. The van der Waals surface area contributed by atoms with Gasteiger partial charge >= 0.3 is 0 Å². The van der Waals surface area contributed by atoms with E-state index < -0.39 is 0 Å².